The lowest BCUT2D eigenvalue weighted by Gasteiger charge is -2.10. The monoisotopic (exact) mass is 289 g/mol. The highest BCUT2D eigenvalue weighted by Gasteiger charge is 2.30. The van der Waals surface area contributed by atoms with E-state index in [1.807, 2.05) is 24.3 Å². The van der Waals surface area contributed by atoms with Crippen LogP contribution in [-0.4, -0.2) is 17.6 Å². The molecule has 0 fully saturated rings. The van der Waals surface area contributed by atoms with E-state index >= 15 is 0 Å². The average molecular weight is 290 g/mol. The Morgan fingerprint density at radius 1 is 1.30 bits per heavy atom. The third kappa shape index (κ3) is 2.30. The third-order valence-electron chi connectivity index (χ3n) is 3.23. The number of phenols is 1. The minimum atomic E-state index is -0.334. The Morgan fingerprint density at radius 2 is 2.10 bits per heavy atom. The number of phenolic OH excluding ortho intramolecular Hbond substituents is 1. The Morgan fingerprint density at radius 3 is 2.90 bits per heavy atom. The number of carbonyl (C=O) groups is 1. The summed E-state index contributed by atoms with van der Waals surface area (Å²) < 4.78 is 5.49. The van der Waals surface area contributed by atoms with Gasteiger partial charge in [-0.1, -0.05) is 29.8 Å². The van der Waals surface area contributed by atoms with Crippen LogP contribution in [0.2, 0.25) is 5.02 Å². The summed E-state index contributed by atoms with van der Waals surface area (Å²) in [5, 5.41) is 12.3. The molecule has 0 saturated carbocycles. The largest absolute Gasteiger partial charge is 0.506 e. The fraction of sp³-hybridized carbons (Fsp3) is 0.133. The van der Waals surface area contributed by atoms with E-state index in [-0.39, 0.29) is 22.6 Å². The molecule has 0 spiro atoms. The van der Waals surface area contributed by atoms with Crippen LogP contribution in [0.4, 0.5) is 5.69 Å². The van der Waals surface area contributed by atoms with Gasteiger partial charge in [0.15, 0.2) is 0 Å². The number of ether oxygens (including phenoxy) is 1. The van der Waals surface area contributed by atoms with E-state index in [1.54, 1.807) is 6.07 Å². The van der Waals surface area contributed by atoms with E-state index in [0.29, 0.717) is 12.3 Å². The van der Waals surface area contributed by atoms with Gasteiger partial charge in [0.2, 0.25) is 5.91 Å². The molecule has 0 aliphatic carbocycles. The van der Waals surface area contributed by atoms with Crippen molar-refractivity contribution >= 4 is 23.2 Å². The number of aromatic hydroxyl groups is 1. The number of hydrogen-bond donors (Lipinski definition) is 2. The second kappa shape index (κ2) is 5.06. The van der Waals surface area contributed by atoms with Gasteiger partial charge in [-0.15, -0.1) is 0 Å². The average Bonchev–Trinajstić information content (AvgIpc) is 2.87. The smallest absolute Gasteiger partial charge is 0.235 e. The first-order valence-corrected chi connectivity index (χ1v) is 6.54. The Labute approximate surface area is 120 Å². The molecule has 1 aliphatic heterocycles. The van der Waals surface area contributed by atoms with Crippen LogP contribution in [0.1, 0.15) is 11.5 Å². The van der Waals surface area contributed by atoms with E-state index in [1.165, 1.54) is 12.1 Å². The SMILES string of the molecule is O=C(Nc1ccc(O)c(Cl)c1)C1COc2ccccc21. The summed E-state index contributed by atoms with van der Waals surface area (Å²) in [5.74, 6) is 0.242. The summed E-state index contributed by atoms with van der Waals surface area (Å²) in [5.41, 5.74) is 1.43. The second-order valence-corrected chi connectivity index (χ2v) is 4.96. The second-order valence-electron chi connectivity index (χ2n) is 4.56. The maximum absolute atomic E-state index is 12.3. The summed E-state index contributed by atoms with van der Waals surface area (Å²) >= 11 is 5.81. The lowest BCUT2D eigenvalue weighted by atomic mass is 10.0. The minimum absolute atomic E-state index is 0.0146. The summed E-state index contributed by atoms with van der Waals surface area (Å²) in [6.07, 6.45) is 0. The first-order valence-electron chi connectivity index (χ1n) is 6.16. The molecule has 5 heteroatoms. The normalized spacial score (nSPS) is 16.4. The Bertz CT molecular complexity index is 672. The van der Waals surface area contributed by atoms with Crippen molar-refractivity contribution in [1.29, 1.82) is 0 Å². The summed E-state index contributed by atoms with van der Waals surface area (Å²) in [7, 11) is 0. The summed E-state index contributed by atoms with van der Waals surface area (Å²) in [6.45, 7) is 0.330. The van der Waals surface area contributed by atoms with E-state index < -0.39 is 0 Å². The quantitative estimate of drug-likeness (QED) is 0.835. The number of nitrogens with one attached hydrogen (secondary N) is 1. The van der Waals surface area contributed by atoms with Gasteiger partial charge in [0.05, 0.1) is 5.02 Å². The molecule has 1 unspecified atom stereocenters. The molecule has 0 bridgehead atoms. The maximum atomic E-state index is 12.3. The summed E-state index contributed by atoms with van der Waals surface area (Å²) in [4.78, 5) is 12.3. The molecule has 1 aliphatic rings. The molecule has 1 atom stereocenters. The molecular formula is C15H12ClNO3. The molecule has 3 rings (SSSR count). The number of fused-ring (bicyclic) bond motifs is 1. The molecule has 1 heterocycles. The van der Waals surface area contributed by atoms with Gasteiger partial charge in [-0.25, -0.2) is 0 Å². The van der Waals surface area contributed by atoms with Crippen molar-refractivity contribution in [2.24, 2.45) is 0 Å². The first-order chi connectivity index (χ1) is 9.65. The molecule has 2 aromatic carbocycles. The molecule has 1 amide bonds. The lowest BCUT2D eigenvalue weighted by molar-refractivity contribution is -0.117. The van der Waals surface area contributed by atoms with Crippen molar-refractivity contribution in [1.82, 2.24) is 0 Å². The maximum Gasteiger partial charge on any atom is 0.235 e. The number of anilines is 1. The zero-order valence-electron chi connectivity index (χ0n) is 10.5. The molecule has 102 valence electrons. The number of rotatable bonds is 2. The van der Waals surface area contributed by atoms with Crippen LogP contribution in [0.3, 0.4) is 0 Å². The van der Waals surface area contributed by atoms with Crippen LogP contribution in [0, 0.1) is 0 Å². The standard InChI is InChI=1S/C15H12ClNO3/c16-12-7-9(5-6-13(12)18)17-15(19)11-8-20-14-4-2-1-3-10(11)14/h1-7,11,18H,8H2,(H,17,19). The Balaban J connectivity index is 1.79. The summed E-state index contributed by atoms with van der Waals surface area (Å²) in [6, 6.07) is 12.0. The van der Waals surface area contributed by atoms with Crippen LogP contribution in [0.5, 0.6) is 11.5 Å². The van der Waals surface area contributed by atoms with Gasteiger partial charge in [-0.3, -0.25) is 4.79 Å². The molecule has 20 heavy (non-hydrogen) atoms. The predicted molar refractivity (Wildman–Crippen MR) is 76.4 cm³/mol. The van der Waals surface area contributed by atoms with Crippen molar-refractivity contribution < 1.29 is 14.6 Å². The third-order valence-corrected chi connectivity index (χ3v) is 3.53. The van der Waals surface area contributed by atoms with Crippen molar-refractivity contribution in [3.63, 3.8) is 0 Å². The van der Waals surface area contributed by atoms with Crippen LogP contribution in [-0.2, 0) is 4.79 Å². The molecule has 2 aromatic rings. The van der Waals surface area contributed by atoms with Gasteiger partial charge in [0.1, 0.15) is 24.0 Å². The van der Waals surface area contributed by atoms with Crippen LogP contribution >= 0.6 is 11.6 Å². The lowest BCUT2D eigenvalue weighted by Crippen LogP contribution is -2.22. The first kappa shape index (κ1) is 12.8. The van der Waals surface area contributed by atoms with Crippen LogP contribution in [0.15, 0.2) is 42.5 Å². The van der Waals surface area contributed by atoms with Crippen LogP contribution < -0.4 is 10.1 Å². The topological polar surface area (TPSA) is 58.6 Å². The molecule has 0 saturated heterocycles. The number of amides is 1. The zero-order chi connectivity index (χ0) is 14.1. The minimum Gasteiger partial charge on any atom is -0.506 e. The van der Waals surface area contributed by atoms with Crippen molar-refractivity contribution in [3.05, 3.63) is 53.1 Å². The van der Waals surface area contributed by atoms with Gasteiger partial charge in [-0.05, 0) is 24.3 Å². The van der Waals surface area contributed by atoms with Gasteiger partial charge in [-0.2, -0.15) is 0 Å². The van der Waals surface area contributed by atoms with Gasteiger partial charge in [0, 0.05) is 11.3 Å². The van der Waals surface area contributed by atoms with Gasteiger partial charge < -0.3 is 15.2 Å². The molecule has 4 nitrogen and oxygen atoms in total. The van der Waals surface area contributed by atoms with Crippen molar-refractivity contribution in [2.45, 2.75) is 5.92 Å². The van der Waals surface area contributed by atoms with E-state index in [4.69, 9.17) is 16.3 Å². The van der Waals surface area contributed by atoms with Crippen molar-refractivity contribution in [3.8, 4) is 11.5 Å². The zero-order valence-corrected chi connectivity index (χ0v) is 11.2. The highest BCUT2D eigenvalue weighted by atomic mass is 35.5. The molecular weight excluding hydrogens is 278 g/mol. The molecule has 0 aromatic heterocycles. The number of benzene rings is 2. The predicted octanol–water partition coefficient (Wildman–Crippen LogP) is 3.16. The number of carbonyl (C=O) groups excluding carboxylic acids is 1. The number of para-hydroxylation sites is 1. The Kier molecular flexibility index (Phi) is 3.24. The van der Waals surface area contributed by atoms with Gasteiger partial charge >= 0.3 is 0 Å². The number of hydrogen-bond acceptors (Lipinski definition) is 3. The Hall–Kier alpha value is -2.20. The molecule has 2 N–H and O–H groups in total. The van der Waals surface area contributed by atoms with E-state index in [2.05, 4.69) is 5.32 Å². The van der Waals surface area contributed by atoms with E-state index in [9.17, 15) is 9.90 Å². The van der Waals surface area contributed by atoms with Gasteiger partial charge in [0.25, 0.3) is 0 Å². The van der Waals surface area contributed by atoms with E-state index in [0.717, 1.165) is 11.3 Å². The fourth-order valence-corrected chi connectivity index (χ4v) is 2.37. The fourth-order valence-electron chi connectivity index (χ4n) is 2.19. The highest BCUT2D eigenvalue weighted by molar-refractivity contribution is 6.32. The highest BCUT2D eigenvalue weighted by Crippen LogP contribution is 2.34. The number of halogens is 1. The van der Waals surface area contributed by atoms with Crippen LogP contribution in [0.25, 0.3) is 0 Å². The molecule has 0 radical (unpaired) electrons. The van der Waals surface area contributed by atoms with Crippen molar-refractivity contribution in [2.75, 3.05) is 11.9 Å².